The molecule has 2 heterocycles. The van der Waals surface area contributed by atoms with Crippen molar-refractivity contribution in [3.8, 4) is 17.2 Å². The van der Waals surface area contributed by atoms with Crippen LogP contribution < -0.4 is 14.4 Å². The minimum atomic E-state index is -3.34. The van der Waals surface area contributed by atoms with E-state index in [-0.39, 0.29) is 11.7 Å². The van der Waals surface area contributed by atoms with Crippen LogP contribution in [0.2, 0.25) is 0 Å². The van der Waals surface area contributed by atoms with Crippen LogP contribution in [0.15, 0.2) is 58.2 Å². The second-order valence-electron chi connectivity index (χ2n) is 7.68. The minimum absolute atomic E-state index is 0.0235. The summed E-state index contributed by atoms with van der Waals surface area (Å²) in [4.78, 5) is 16.7. The number of benzene rings is 2. The van der Waals surface area contributed by atoms with Gasteiger partial charge in [-0.2, -0.15) is 0 Å². The van der Waals surface area contributed by atoms with Crippen LogP contribution in [0.25, 0.3) is 11.5 Å². The number of ether oxygens (including phenoxy) is 1. The van der Waals surface area contributed by atoms with E-state index in [0.29, 0.717) is 35.5 Å². The summed E-state index contributed by atoms with van der Waals surface area (Å²) >= 11 is 1.20. The lowest BCUT2D eigenvalue weighted by Gasteiger charge is -2.36. The lowest BCUT2D eigenvalue weighted by molar-refractivity contribution is -0.128. The molecule has 3 aromatic rings. The van der Waals surface area contributed by atoms with Crippen molar-refractivity contribution in [2.24, 2.45) is 0 Å². The van der Waals surface area contributed by atoms with Gasteiger partial charge in [0.05, 0.1) is 19.1 Å². The molecule has 1 saturated heterocycles. The van der Waals surface area contributed by atoms with Crippen LogP contribution in [0.1, 0.15) is 0 Å². The van der Waals surface area contributed by atoms with Gasteiger partial charge in [0.25, 0.3) is 5.22 Å². The molecule has 1 aliphatic heterocycles. The summed E-state index contributed by atoms with van der Waals surface area (Å²) < 4.78 is 35.9. The third-order valence-electron chi connectivity index (χ3n) is 5.23. The maximum atomic E-state index is 12.7. The molecule has 4 rings (SSSR count). The maximum absolute atomic E-state index is 12.7. The van der Waals surface area contributed by atoms with Crippen molar-refractivity contribution in [3.63, 3.8) is 0 Å². The van der Waals surface area contributed by atoms with Crippen molar-refractivity contribution < 1.29 is 22.4 Å². The fraction of sp³-hybridized carbons (Fsp3) is 0.318. The van der Waals surface area contributed by atoms with Crippen molar-refractivity contribution in [2.45, 2.75) is 5.22 Å². The first kappa shape index (κ1) is 23.9. The summed E-state index contributed by atoms with van der Waals surface area (Å²) in [6.07, 6.45) is 1.09. The summed E-state index contributed by atoms with van der Waals surface area (Å²) in [5.74, 6) is 1.35. The molecular weight excluding hydrogens is 478 g/mol. The van der Waals surface area contributed by atoms with Gasteiger partial charge in [-0.3, -0.25) is 9.52 Å². The van der Waals surface area contributed by atoms with Gasteiger partial charge in [0.2, 0.25) is 21.8 Å². The zero-order valence-electron chi connectivity index (χ0n) is 18.8. The third-order valence-corrected chi connectivity index (χ3v) is 6.64. The standard InChI is InChI=1S/C22H25N5O5S2/c1-31-19-9-7-18(8-10-19)26-11-13-27(14-12-26)20(28)15-33-22-24-23-21(32-22)16-3-5-17(6-4-16)25-34(2,29)30/h3-10,25H,11-15H2,1-2H3. The number of amides is 1. The third kappa shape index (κ3) is 6.20. The molecule has 180 valence electrons. The average Bonchev–Trinajstić information content (AvgIpc) is 3.31. The number of carbonyl (C=O) groups excluding carboxylic acids is 1. The smallest absolute Gasteiger partial charge is 0.277 e. The van der Waals surface area contributed by atoms with Crippen LogP contribution in [-0.2, 0) is 14.8 Å². The largest absolute Gasteiger partial charge is 0.497 e. The van der Waals surface area contributed by atoms with E-state index in [1.165, 1.54) is 11.8 Å². The number of thioether (sulfide) groups is 1. The van der Waals surface area contributed by atoms with E-state index in [0.717, 1.165) is 30.8 Å². The Morgan fingerprint density at radius 1 is 1.06 bits per heavy atom. The number of piperazine rings is 1. The highest BCUT2D eigenvalue weighted by Gasteiger charge is 2.22. The molecule has 0 bridgehead atoms. The Labute approximate surface area is 202 Å². The van der Waals surface area contributed by atoms with Crippen LogP contribution >= 0.6 is 11.8 Å². The molecule has 34 heavy (non-hydrogen) atoms. The Hall–Kier alpha value is -3.25. The van der Waals surface area contributed by atoms with Crippen LogP contribution in [0.4, 0.5) is 11.4 Å². The van der Waals surface area contributed by atoms with Gasteiger partial charge in [0, 0.05) is 43.1 Å². The molecular formula is C22H25N5O5S2. The first-order valence-electron chi connectivity index (χ1n) is 10.5. The number of nitrogens with zero attached hydrogens (tertiary/aromatic N) is 4. The van der Waals surface area contributed by atoms with E-state index in [9.17, 15) is 13.2 Å². The molecule has 0 saturated carbocycles. The van der Waals surface area contributed by atoms with Gasteiger partial charge < -0.3 is 19.0 Å². The Morgan fingerprint density at radius 3 is 2.35 bits per heavy atom. The number of carbonyl (C=O) groups is 1. The van der Waals surface area contributed by atoms with E-state index < -0.39 is 10.0 Å². The fourth-order valence-corrected chi connectivity index (χ4v) is 4.73. The SMILES string of the molecule is COc1ccc(N2CCN(C(=O)CSc3nnc(-c4ccc(NS(C)(=O)=O)cc4)o3)CC2)cc1. The van der Waals surface area contributed by atoms with Crippen LogP contribution in [-0.4, -0.2) is 74.7 Å². The summed E-state index contributed by atoms with van der Waals surface area (Å²) in [6.45, 7) is 2.82. The topological polar surface area (TPSA) is 118 Å². The van der Waals surface area contributed by atoms with Gasteiger partial charge in [0.15, 0.2) is 0 Å². The van der Waals surface area contributed by atoms with E-state index in [4.69, 9.17) is 9.15 Å². The number of aromatic nitrogens is 2. The first-order chi connectivity index (χ1) is 16.3. The Bertz CT molecular complexity index is 1220. The monoisotopic (exact) mass is 503 g/mol. The number of hydrogen-bond acceptors (Lipinski definition) is 9. The van der Waals surface area contributed by atoms with E-state index in [2.05, 4.69) is 19.8 Å². The summed E-state index contributed by atoms with van der Waals surface area (Å²) in [6, 6.07) is 14.5. The number of sulfonamides is 1. The van der Waals surface area contributed by atoms with Crippen molar-refractivity contribution in [1.82, 2.24) is 15.1 Å². The molecule has 1 amide bonds. The van der Waals surface area contributed by atoms with Crippen LogP contribution in [0, 0.1) is 0 Å². The average molecular weight is 504 g/mol. The zero-order chi connectivity index (χ0) is 24.1. The summed E-state index contributed by atoms with van der Waals surface area (Å²) in [7, 11) is -1.70. The summed E-state index contributed by atoms with van der Waals surface area (Å²) in [5, 5.41) is 8.33. The van der Waals surface area contributed by atoms with Gasteiger partial charge in [0.1, 0.15) is 5.75 Å². The molecule has 0 spiro atoms. The predicted octanol–water partition coefficient (Wildman–Crippen LogP) is 2.56. The maximum Gasteiger partial charge on any atom is 0.277 e. The molecule has 2 aromatic carbocycles. The van der Waals surface area contributed by atoms with Gasteiger partial charge in [-0.15, -0.1) is 10.2 Å². The second kappa shape index (κ2) is 10.3. The van der Waals surface area contributed by atoms with Crippen molar-refractivity contribution >= 4 is 39.1 Å². The molecule has 0 atom stereocenters. The predicted molar refractivity (Wildman–Crippen MR) is 131 cm³/mol. The number of nitrogens with one attached hydrogen (secondary N) is 1. The quantitative estimate of drug-likeness (QED) is 0.463. The first-order valence-corrected chi connectivity index (χ1v) is 13.4. The number of methoxy groups -OCH3 is 1. The molecule has 1 aliphatic rings. The highest BCUT2D eigenvalue weighted by atomic mass is 32.2. The molecule has 0 unspecified atom stereocenters. The van der Waals surface area contributed by atoms with Crippen LogP contribution in [0.3, 0.4) is 0 Å². The highest BCUT2D eigenvalue weighted by Crippen LogP contribution is 2.25. The molecule has 12 heteroatoms. The number of anilines is 2. The fourth-order valence-electron chi connectivity index (χ4n) is 3.50. The number of rotatable bonds is 8. The zero-order valence-corrected chi connectivity index (χ0v) is 20.4. The molecule has 1 N–H and O–H groups in total. The van der Waals surface area contributed by atoms with E-state index >= 15 is 0 Å². The normalized spacial score (nSPS) is 14.2. The molecule has 0 radical (unpaired) electrons. The Kier molecular flexibility index (Phi) is 7.27. The minimum Gasteiger partial charge on any atom is -0.497 e. The van der Waals surface area contributed by atoms with E-state index in [1.807, 2.05) is 29.2 Å². The van der Waals surface area contributed by atoms with Crippen molar-refractivity contribution in [2.75, 3.05) is 54.9 Å². The molecule has 1 aromatic heterocycles. The van der Waals surface area contributed by atoms with Gasteiger partial charge in [-0.05, 0) is 48.5 Å². The molecule has 10 nitrogen and oxygen atoms in total. The van der Waals surface area contributed by atoms with Crippen LogP contribution in [0.5, 0.6) is 5.75 Å². The number of hydrogen-bond donors (Lipinski definition) is 1. The molecule has 1 fully saturated rings. The lowest BCUT2D eigenvalue weighted by atomic mass is 10.2. The summed E-state index contributed by atoms with van der Waals surface area (Å²) in [5.41, 5.74) is 2.21. The van der Waals surface area contributed by atoms with Crippen molar-refractivity contribution in [3.05, 3.63) is 48.5 Å². The van der Waals surface area contributed by atoms with E-state index in [1.54, 1.807) is 31.4 Å². The second-order valence-corrected chi connectivity index (χ2v) is 10.4. The van der Waals surface area contributed by atoms with Crippen molar-refractivity contribution in [1.29, 1.82) is 0 Å². The Balaban J connectivity index is 1.26. The lowest BCUT2D eigenvalue weighted by Crippen LogP contribution is -2.49. The van der Waals surface area contributed by atoms with Gasteiger partial charge >= 0.3 is 0 Å². The van der Waals surface area contributed by atoms with Gasteiger partial charge in [-0.1, -0.05) is 11.8 Å². The molecule has 0 aliphatic carbocycles. The van der Waals surface area contributed by atoms with Gasteiger partial charge in [-0.25, -0.2) is 8.42 Å². The Morgan fingerprint density at radius 2 is 1.74 bits per heavy atom. The highest BCUT2D eigenvalue weighted by molar-refractivity contribution is 7.99.